The first-order chi connectivity index (χ1) is 17.2. The van der Waals surface area contributed by atoms with Crippen LogP contribution in [0, 0.1) is 0 Å². The number of aromatic nitrogens is 4. The molecule has 2 atom stereocenters. The van der Waals surface area contributed by atoms with Gasteiger partial charge in [-0.25, -0.2) is 9.31 Å². The number of alkyl halides is 6. The lowest BCUT2D eigenvalue weighted by Crippen LogP contribution is -2.42. The highest BCUT2D eigenvalue weighted by Gasteiger charge is 2.38. The fourth-order valence-electron chi connectivity index (χ4n) is 3.74. The van der Waals surface area contributed by atoms with Gasteiger partial charge in [-0.1, -0.05) is 12.8 Å². The van der Waals surface area contributed by atoms with Gasteiger partial charge in [-0.05, 0) is 37.1 Å². The van der Waals surface area contributed by atoms with Gasteiger partial charge in [0.05, 0.1) is 11.2 Å². The Bertz CT molecular complexity index is 1270. The summed E-state index contributed by atoms with van der Waals surface area (Å²) in [6.07, 6.45) is -4.61. The fourth-order valence-corrected chi connectivity index (χ4v) is 3.74. The average Bonchev–Trinajstić information content (AvgIpc) is 3.38. The molecule has 3 heterocycles. The standard InChI is InChI=1S/C19H22F3N7O.C2HF3O2/c1-28-10-14(17(27-28)19(20,21)22)25-18(30)15-8-6-11-7-9-16(26-29(11)15)24-13-5-3-2-4-12(13)23;3-2(4,5)1(6)7/h6-10,12-13H,2-5,23H2,1H3,(H,24,26)(H,25,30);(H,6,7)/t12-,13+;/m0./s1. The number of aryl methyl sites for hydroxylation is 1. The second-order valence-corrected chi connectivity index (χ2v) is 8.29. The number of amides is 1. The van der Waals surface area contributed by atoms with Crippen LogP contribution < -0.4 is 16.4 Å². The molecule has 0 aromatic carbocycles. The van der Waals surface area contributed by atoms with Crippen molar-refractivity contribution in [2.75, 3.05) is 10.6 Å². The summed E-state index contributed by atoms with van der Waals surface area (Å²) in [7, 11) is 1.35. The number of nitrogens with two attached hydrogens (primary N) is 1. The zero-order valence-electron chi connectivity index (χ0n) is 19.3. The molecule has 0 saturated heterocycles. The Balaban J connectivity index is 0.000000479. The summed E-state index contributed by atoms with van der Waals surface area (Å²) in [6.45, 7) is 0. The molecule has 3 aromatic rings. The topological polar surface area (TPSA) is 140 Å². The van der Waals surface area contributed by atoms with Crippen molar-refractivity contribution in [2.24, 2.45) is 12.8 Å². The van der Waals surface area contributed by atoms with Crippen LogP contribution >= 0.6 is 0 Å². The average molecular weight is 535 g/mol. The molecule has 10 nitrogen and oxygen atoms in total. The number of nitrogens with one attached hydrogen (secondary N) is 2. The van der Waals surface area contributed by atoms with Crippen LogP contribution in [0.2, 0.25) is 0 Å². The van der Waals surface area contributed by atoms with E-state index in [2.05, 4.69) is 20.8 Å². The number of hydrogen-bond donors (Lipinski definition) is 4. The van der Waals surface area contributed by atoms with Gasteiger partial charge < -0.3 is 21.5 Å². The van der Waals surface area contributed by atoms with Crippen LogP contribution in [0.25, 0.3) is 5.52 Å². The third-order valence-corrected chi connectivity index (χ3v) is 5.48. The van der Waals surface area contributed by atoms with Crippen LogP contribution in [-0.4, -0.2) is 54.6 Å². The lowest BCUT2D eigenvalue weighted by molar-refractivity contribution is -0.192. The summed E-state index contributed by atoms with van der Waals surface area (Å²) in [5.74, 6) is -2.92. The summed E-state index contributed by atoms with van der Waals surface area (Å²) in [4.78, 5) is 21.6. The zero-order valence-corrected chi connectivity index (χ0v) is 19.3. The second kappa shape index (κ2) is 10.7. The fraction of sp³-hybridized carbons (Fsp3) is 0.429. The zero-order chi connectivity index (χ0) is 27.5. The van der Waals surface area contributed by atoms with E-state index in [1.54, 1.807) is 18.2 Å². The quantitative estimate of drug-likeness (QED) is 0.374. The van der Waals surface area contributed by atoms with Crippen molar-refractivity contribution in [3.8, 4) is 0 Å². The van der Waals surface area contributed by atoms with E-state index < -0.39 is 35.6 Å². The minimum Gasteiger partial charge on any atom is -0.475 e. The molecule has 4 rings (SSSR count). The van der Waals surface area contributed by atoms with Crippen molar-refractivity contribution < 1.29 is 41.0 Å². The predicted molar refractivity (Wildman–Crippen MR) is 119 cm³/mol. The van der Waals surface area contributed by atoms with E-state index in [1.165, 1.54) is 17.6 Å². The number of carboxylic acids is 1. The normalized spacial score (nSPS) is 18.2. The van der Waals surface area contributed by atoms with Gasteiger partial charge in [0.1, 0.15) is 11.5 Å². The monoisotopic (exact) mass is 535 g/mol. The Kier molecular flexibility index (Phi) is 8.00. The number of rotatable bonds is 4. The summed E-state index contributed by atoms with van der Waals surface area (Å²) in [5, 5.41) is 20.6. The molecule has 0 spiro atoms. The van der Waals surface area contributed by atoms with E-state index in [0.29, 0.717) is 11.3 Å². The number of aliphatic carboxylic acids is 1. The number of halogens is 6. The predicted octanol–water partition coefficient (Wildman–Crippen LogP) is 3.65. The Labute approximate surface area is 205 Å². The van der Waals surface area contributed by atoms with E-state index in [1.807, 2.05) is 0 Å². The molecule has 0 aliphatic heterocycles. The van der Waals surface area contributed by atoms with E-state index in [0.717, 1.165) is 36.6 Å². The Morgan fingerprint density at radius 2 is 1.68 bits per heavy atom. The highest BCUT2D eigenvalue weighted by atomic mass is 19.4. The van der Waals surface area contributed by atoms with Gasteiger partial charge in [0.2, 0.25) is 0 Å². The molecule has 1 saturated carbocycles. The van der Waals surface area contributed by atoms with E-state index in [4.69, 9.17) is 15.6 Å². The Morgan fingerprint density at radius 1 is 1.05 bits per heavy atom. The number of hydrogen-bond acceptors (Lipinski definition) is 6. The Morgan fingerprint density at radius 3 is 2.27 bits per heavy atom. The molecule has 1 amide bonds. The number of carboxylic acid groups (broad SMARTS) is 1. The van der Waals surface area contributed by atoms with E-state index >= 15 is 0 Å². The molecule has 1 aliphatic carbocycles. The SMILES string of the molecule is Cn1cc(NC(=O)c2ccc3ccc(N[C@@H]4CCCC[C@@H]4N)nn23)c(C(F)(F)F)n1.O=C(O)C(F)(F)F. The maximum absolute atomic E-state index is 13.2. The number of nitrogens with zero attached hydrogens (tertiary/aromatic N) is 4. The molecule has 202 valence electrons. The minimum atomic E-state index is -5.08. The Hall–Kier alpha value is -3.82. The molecule has 1 aliphatic rings. The van der Waals surface area contributed by atoms with E-state index in [-0.39, 0.29) is 17.8 Å². The first kappa shape index (κ1) is 27.8. The summed E-state index contributed by atoms with van der Waals surface area (Å²) < 4.78 is 73.6. The van der Waals surface area contributed by atoms with Gasteiger partial charge in [-0.3, -0.25) is 9.48 Å². The van der Waals surface area contributed by atoms with Crippen molar-refractivity contribution in [3.63, 3.8) is 0 Å². The first-order valence-electron chi connectivity index (χ1n) is 10.9. The molecule has 0 radical (unpaired) electrons. The summed E-state index contributed by atoms with van der Waals surface area (Å²) >= 11 is 0. The summed E-state index contributed by atoms with van der Waals surface area (Å²) in [6, 6.07) is 6.87. The van der Waals surface area contributed by atoms with Gasteiger partial charge in [0.15, 0.2) is 5.69 Å². The minimum absolute atomic E-state index is 0.0232. The van der Waals surface area contributed by atoms with Crippen molar-refractivity contribution in [1.29, 1.82) is 0 Å². The highest BCUT2D eigenvalue weighted by Crippen LogP contribution is 2.33. The number of carbonyl (C=O) groups excluding carboxylic acids is 1. The molecule has 0 unspecified atom stereocenters. The smallest absolute Gasteiger partial charge is 0.475 e. The van der Waals surface area contributed by atoms with Crippen LogP contribution in [0.1, 0.15) is 41.9 Å². The van der Waals surface area contributed by atoms with Crippen molar-refractivity contribution >= 4 is 28.9 Å². The maximum atomic E-state index is 13.2. The lowest BCUT2D eigenvalue weighted by Gasteiger charge is -2.29. The second-order valence-electron chi connectivity index (χ2n) is 8.29. The van der Waals surface area contributed by atoms with Gasteiger partial charge in [0.25, 0.3) is 5.91 Å². The number of carbonyl (C=O) groups is 2. The van der Waals surface area contributed by atoms with Crippen LogP contribution in [0.15, 0.2) is 30.5 Å². The molecule has 1 fully saturated rings. The van der Waals surface area contributed by atoms with Gasteiger partial charge in [0, 0.05) is 25.3 Å². The van der Waals surface area contributed by atoms with Crippen molar-refractivity contribution in [1.82, 2.24) is 19.4 Å². The third kappa shape index (κ3) is 6.90. The van der Waals surface area contributed by atoms with Gasteiger partial charge in [-0.2, -0.15) is 31.4 Å². The van der Waals surface area contributed by atoms with Crippen molar-refractivity contribution in [2.45, 2.75) is 50.1 Å². The lowest BCUT2D eigenvalue weighted by atomic mass is 9.91. The molecule has 0 bridgehead atoms. The largest absolute Gasteiger partial charge is 0.490 e. The molecule has 16 heteroatoms. The van der Waals surface area contributed by atoms with Gasteiger partial charge in [-0.15, -0.1) is 5.10 Å². The van der Waals surface area contributed by atoms with Crippen LogP contribution in [-0.2, 0) is 18.0 Å². The van der Waals surface area contributed by atoms with E-state index in [9.17, 15) is 31.1 Å². The summed E-state index contributed by atoms with van der Waals surface area (Å²) in [5.41, 5.74) is 5.36. The van der Waals surface area contributed by atoms with Gasteiger partial charge >= 0.3 is 18.3 Å². The molecule has 5 N–H and O–H groups in total. The van der Waals surface area contributed by atoms with Crippen LogP contribution in [0.3, 0.4) is 0 Å². The third-order valence-electron chi connectivity index (χ3n) is 5.48. The number of anilines is 2. The molecule has 37 heavy (non-hydrogen) atoms. The first-order valence-corrected chi connectivity index (χ1v) is 10.9. The number of fused-ring (bicyclic) bond motifs is 1. The maximum Gasteiger partial charge on any atom is 0.490 e. The molecule has 3 aromatic heterocycles. The van der Waals surface area contributed by atoms with Crippen LogP contribution in [0.5, 0.6) is 0 Å². The molecular formula is C21H23F6N7O3. The highest BCUT2D eigenvalue weighted by molar-refractivity contribution is 6.04. The van der Waals surface area contributed by atoms with Crippen LogP contribution in [0.4, 0.5) is 37.8 Å². The van der Waals surface area contributed by atoms with Crippen molar-refractivity contribution in [3.05, 3.63) is 41.9 Å². The molecular weight excluding hydrogens is 512 g/mol.